The Morgan fingerprint density at radius 3 is 1.94 bits per heavy atom. The summed E-state index contributed by atoms with van der Waals surface area (Å²) < 4.78 is 31.6. The molecule has 0 aliphatic carbocycles. The third kappa shape index (κ3) is 3.78. The molecule has 3 aromatic rings. The van der Waals surface area contributed by atoms with E-state index in [9.17, 15) is 9.59 Å². The molecule has 2 aliphatic heterocycles. The van der Waals surface area contributed by atoms with E-state index in [4.69, 9.17) is 40.0 Å². The first-order chi connectivity index (χ1) is 15.1. The van der Waals surface area contributed by atoms with Gasteiger partial charge in [-0.05, 0) is 36.4 Å². The lowest BCUT2D eigenvalue weighted by molar-refractivity contribution is 0.0725. The van der Waals surface area contributed by atoms with Crippen LogP contribution in [0.3, 0.4) is 0 Å². The molecular weight excluding hydrogens is 430 g/mol. The second-order valence-electron chi connectivity index (χ2n) is 6.37. The van der Waals surface area contributed by atoms with Crippen molar-refractivity contribution in [1.29, 1.82) is 0 Å². The lowest BCUT2D eigenvalue weighted by Gasteiger charge is -2.09. The molecule has 0 radical (unpaired) electrons. The van der Waals surface area contributed by atoms with Crippen molar-refractivity contribution in [1.82, 2.24) is 4.98 Å². The molecule has 1 aromatic heterocycles. The number of rotatable bonds is 4. The molecule has 0 amide bonds. The van der Waals surface area contributed by atoms with E-state index in [1.54, 1.807) is 12.1 Å². The Morgan fingerprint density at radius 1 is 0.774 bits per heavy atom. The summed E-state index contributed by atoms with van der Waals surface area (Å²) in [4.78, 5) is 28.9. The predicted octanol–water partition coefficient (Wildman–Crippen LogP) is 3.63. The lowest BCUT2D eigenvalue weighted by atomic mass is 10.2. The van der Waals surface area contributed by atoms with E-state index in [0.29, 0.717) is 23.0 Å². The van der Waals surface area contributed by atoms with Crippen LogP contribution < -0.4 is 28.4 Å². The Hall–Kier alpha value is -3.98. The van der Waals surface area contributed by atoms with Crippen LogP contribution in [0.15, 0.2) is 48.7 Å². The summed E-state index contributed by atoms with van der Waals surface area (Å²) >= 11 is 6.08. The van der Waals surface area contributed by atoms with Gasteiger partial charge in [-0.25, -0.2) is 14.6 Å². The maximum Gasteiger partial charge on any atom is 0.344 e. The van der Waals surface area contributed by atoms with Gasteiger partial charge in [0.2, 0.25) is 19.5 Å². The second-order valence-corrected chi connectivity index (χ2v) is 6.78. The molecule has 0 N–H and O–H groups in total. The summed E-state index contributed by atoms with van der Waals surface area (Å²) in [5, 5.41) is 0.0666. The lowest BCUT2D eigenvalue weighted by Crippen LogP contribution is -2.11. The molecule has 5 rings (SSSR count). The Bertz CT molecular complexity index is 1210. The van der Waals surface area contributed by atoms with Gasteiger partial charge in [0.1, 0.15) is 5.02 Å². The molecule has 10 heteroatoms. The Morgan fingerprint density at radius 2 is 1.32 bits per heavy atom. The third-order valence-electron chi connectivity index (χ3n) is 4.41. The van der Waals surface area contributed by atoms with E-state index < -0.39 is 11.9 Å². The fourth-order valence-corrected chi connectivity index (χ4v) is 3.04. The highest BCUT2D eigenvalue weighted by molar-refractivity contribution is 6.32. The summed E-state index contributed by atoms with van der Waals surface area (Å²) in [6.45, 7) is 0.173. The van der Waals surface area contributed by atoms with Gasteiger partial charge < -0.3 is 28.4 Å². The van der Waals surface area contributed by atoms with Crippen molar-refractivity contribution in [3.63, 3.8) is 0 Å². The van der Waals surface area contributed by atoms with Crippen molar-refractivity contribution in [3.05, 3.63) is 64.8 Å². The zero-order valence-electron chi connectivity index (χ0n) is 15.6. The van der Waals surface area contributed by atoms with Crippen LogP contribution in [-0.2, 0) is 0 Å². The highest BCUT2D eigenvalue weighted by atomic mass is 35.5. The SMILES string of the molecule is O=C(Oc1cc(OC(=O)c2ccc3c(c2)OCO3)c(Cl)cn1)c1ccc2c(c1)OCO2. The summed E-state index contributed by atoms with van der Waals surface area (Å²) in [5.41, 5.74) is 0.468. The van der Waals surface area contributed by atoms with Gasteiger partial charge in [0.15, 0.2) is 28.7 Å². The maximum absolute atomic E-state index is 12.5. The molecule has 0 atom stereocenters. The van der Waals surface area contributed by atoms with Crippen LogP contribution in [0.4, 0.5) is 0 Å². The first kappa shape index (κ1) is 19.0. The molecule has 156 valence electrons. The molecule has 0 saturated carbocycles. The van der Waals surface area contributed by atoms with Crippen LogP contribution in [0.25, 0.3) is 0 Å². The van der Waals surface area contributed by atoms with Crippen LogP contribution in [0, 0.1) is 0 Å². The number of fused-ring (bicyclic) bond motifs is 2. The van der Waals surface area contributed by atoms with Gasteiger partial charge >= 0.3 is 11.9 Å². The minimum atomic E-state index is -0.681. The average molecular weight is 442 g/mol. The number of hydrogen-bond acceptors (Lipinski definition) is 9. The second kappa shape index (κ2) is 7.69. The first-order valence-corrected chi connectivity index (χ1v) is 9.34. The summed E-state index contributed by atoms with van der Waals surface area (Å²) in [5.74, 6) is 0.481. The van der Waals surface area contributed by atoms with Gasteiger partial charge in [-0.15, -0.1) is 0 Å². The number of carbonyl (C=O) groups is 2. The van der Waals surface area contributed by atoms with Crippen molar-refractivity contribution >= 4 is 23.5 Å². The number of nitrogens with zero attached hydrogens (tertiary/aromatic N) is 1. The van der Waals surface area contributed by atoms with Gasteiger partial charge in [0.25, 0.3) is 0 Å². The zero-order chi connectivity index (χ0) is 21.4. The van der Waals surface area contributed by atoms with Gasteiger partial charge in [-0.3, -0.25) is 0 Å². The van der Waals surface area contributed by atoms with Gasteiger partial charge in [-0.1, -0.05) is 11.6 Å². The summed E-state index contributed by atoms with van der Waals surface area (Å²) in [6.07, 6.45) is 1.21. The molecule has 2 aliphatic rings. The number of pyridine rings is 1. The number of hydrogen-bond donors (Lipinski definition) is 0. The van der Waals surface area contributed by atoms with E-state index >= 15 is 0 Å². The molecule has 3 heterocycles. The van der Waals surface area contributed by atoms with E-state index in [-0.39, 0.29) is 41.4 Å². The fourth-order valence-electron chi connectivity index (χ4n) is 2.90. The average Bonchev–Trinajstić information content (AvgIpc) is 3.43. The van der Waals surface area contributed by atoms with E-state index in [0.717, 1.165) is 0 Å². The van der Waals surface area contributed by atoms with Crippen LogP contribution in [0.2, 0.25) is 5.02 Å². The molecule has 0 fully saturated rings. The predicted molar refractivity (Wildman–Crippen MR) is 104 cm³/mol. The largest absolute Gasteiger partial charge is 0.454 e. The first-order valence-electron chi connectivity index (χ1n) is 8.96. The summed E-state index contributed by atoms with van der Waals surface area (Å²) in [6, 6.07) is 10.5. The fraction of sp³-hybridized carbons (Fsp3) is 0.0952. The van der Waals surface area contributed by atoms with Crippen LogP contribution >= 0.6 is 11.6 Å². The molecule has 0 bridgehead atoms. The Kier molecular flexibility index (Phi) is 4.72. The van der Waals surface area contributed by atoms with E-state index in [1.165, 1.54) is 36.5 Å². The number of ether oxygens (including phenoxy) is 6. The number of halogens is 1. The standard InChI is InChI=1S/C21H12ClNO8/c22-13-8-23-19(31-21(25)12-2-4-15-18(6-12)29-10-27-15)7-16(13)30-20(24)11-1-3-14-17(5-11)28-9-26-14/h1-8H,9-10H2. The quantitative estimate of drug-likeness (QED) is 0.561. The Labute approximate surface area is 180 Å². The smallest absolute Gasteiger partial charge is 0.344 e. The van der Waals surface area contributed by atoms with Crippen molar-refractivity contribution in [2.75, 3.05) is 13.6 Å². The van der Waals surface area contributed by atoms with Crippen molar-refractivity contribution in [2.24, 2.45) is 0 Å². The molecule has 0 saturated heterocycles. The zero-order valence-corrected chi connectivity index (χ0v) is 16.4. The number of aromatic nitrogens is 1. The van der Waals surface area contributed by atoms with Crippen LogP contribution in [0.5, 0.6) is 34.6 Å². The van der Waals surface area contributed by atoms with Crippen molar-refractivity contribution in [2.45, 2.75) is 0 Å². The maximum atomic E-state index is 12.5. The van der Waals surface area contributed by atoms with Crippen molar-refractivity contribution in [3.8, 4) is 34.6 Å². The highest BCUT2D eigenvalue weighted by Crippen LogP contribution is 2.35. The van der Waals surface area contributed by atoms with Crippen LogP contribution in [0.1, 0.15) is 20.7 Å². The van der Waals surface area contributed by atoms with Gasteiger partial charge in [0.05, 0.1) is 17.3 Å². The third-order valence-corrected chi connectivity index (χ3v) is 4.70. The molecule has 2 aromatic carbocycles. The van der Waals surface area contributed by atoms with Gasteiger partial charge in [-0.2, -0.15) is 0 Å². The Balaban J connectivity index is 1.32. The molecular formula is C21H12ClNO8. The molecule has 0 spiro atoms. The molecule has 0 unspecified atom stereocenters. The van der Waals surface area contributed by atoms with Gasteiger partial charge in [0, 0.05) is 6.07 Å². The number of esters is 2. The van der Waals surface area contributed by atoms with Crippen LogP contribution in [-0.4, -0.2) is 30.5 Å². The summed E-state index contributed by atoms with van der Waals surface area (Å²) in [7, 11) is 0. The number of benzene rings is 2. The number of carbonyl (C=O) groups excluding carboxylic acids is 2. The minimum Gasteiger partial charge on any atom is -0.454 e. The van der Waals surface area contributed by atoms with E-state index in [1.807, 2.05) is 0 Å². The monoisotopic (exact) mass is 441 g/mol. The minimum absolute atomic E-state index is 0.0205. The highest BCUT2D eigenvalue weighted by Gasteiger charge is 2.21. The van der Waals surface area contributed by atoms with E-state index in [2.05, 4.69) is 4.98 Å². The topological polar surface area (TPSA) is 102 Å². The molecule has 9 nitrogen and oxygen atoms in total. The molecule has 31 heavy (non-hydrogen) atoms. The normalized spacial score (nSPS) is 13.1. The van der Waals surface area contributed by atoms with Crippen molar-refractivity contribution < 1.29 is 38.0 Å².